The van der Waals surface area contributed by atoms with Crippen LogP contribution < -0.4 is 15.7 Å². The van der Waals surface area contributed by atoms with Crippen LogP contribution >= 0.6 is 0 Å². The molecule has 1 atom stereocenters. The lowest BCUT2D eigenvalue weighted by Crippen LogP contribution is -2.33. The van der Waals surface area contributed by atoms with Gasteiger partial charge in [0.1, 0.15) is 0 Å². The Morgan fingerprint density at radius 1 is 1.17 bits per heavy atom. The minimum atomic E-state index is -2.03. The van der Waals surface area contributed by atoms with Crippen LogP contribution in [0.2, 0.25) is 6.55 Å². The van der Waals surface area contributed by atoms with E-state index in [-0.39, 0.29) is 12.1 Å². The first-order chi connectivity index (χ1) is 11.3. The predicted molar refractivity (Wildman–Crippen MR) is 102 cm³/mol. The third-order valence-electron chi connectivity index (χ3n) is 4.99. The lowest BCUT2D eigenvalue weighted by molar-refractivity contribution is 0.202. The van der Waals surface area contributed by atoms with Crippen LogP contribution in [0.1, 0.15) is 31.9 Å². The van der Waals surface area contributed by atoms with E-state index < -0.39 is 8.32 Å². The molecule has 0 aromatic heterocycles. The molecule has 0 fully saturated rings. The first-order valence-corrected chi connectivity index (χ1v) is 11.1. The maximum absolute atomic E-state index is 9.21. The lowest BCUT2D eigenvalue weighted by atomic mass is 10.0. The number of aliphatic hydroxyl groups excluding tert-OH is 1. The summed E-state index contributed by atoms with van der Waals surface area (Å²) in [6.07, 6.45) is 1.01. The summed E-state index contributed by atoms with van der Waals surface area (Å²) < 4.78 is 6.19. The largest absolute Gasteiger partial charge is 0.406 e. The molecule has 0 bridgehead atoms. The standard InChI is InChI=1S/C20H25NO2Si/c1-20(2,3)21-17-12-15-14-8-6-5-7-13(14)11-16(15)18-19(17)24(18,4)23-10-9-22/h5-8,12,21-22H,9-11H2,1-4H3. The van der Waals surface area contributed by atoms with Gasteiger partial charge in [0.05, 0.1) is 13.2 Å². The van der Waals surface area contributed by atoms with Gasteiger partial charge < -0.3 is 14.8 Å². The van der Waals surface area contributed by atoms with Gasteiger partial charge in [-0.1, -0.05) is 24.3 Å². The van der Waals surface area contributed by atoms with Crippen molar-refractivity contribution in [3.63, 3.8) is 0 Å². The highest BCUT2D eigenvalue weighted by molar-refractivity contribution is 7.14. The van der Waals surface area contributed by atoms with Crippen LogP contribution in [0.3, 0.4) is 0 Å². The van der Waals surface area contributed by atoms with E-state index in [0.29, 0.717) is 6.61 Å². The minimum absolute atomic E-state index is 0.00894. The number of nitrogens with one attached hydrogen (secondary N) is 1. The van der Waals surface area contributed by atoms with Crippen LogP contribution in [0, 0.1) is 0 Å². The average molecular weight is 340 g/mol. The van der Waals surface area contributed by atoms with E-state index in [1.807, 2.05) is 0 Å². The van der Waals surface area contributed by atoms with Crippen molar-refractivity contribution in [1.82, 2.24) is 0 Å². The molecule has 4 heteroatoms. The second-order valence-corrected chi connectivity index (χ2v) is 11.4. The van der Waals surface area contributed by atoms with Gasteiger partial charge in [-0.15, -0.1) is 0 Å². The van der Waals surface area contributed by atoms with Crippen LogP contribution in [-0.4, -0.2) is 32.2 Å². The summed E-state index contributed by atoms with van der Waals surface area (Å²) in [5, 5.41) is 15.8. The van der Waals surface area contributed by atoms with E-state index in [2.05, 4.69) is 63.0 Å². The number of anilines is 1. The van der Waals surface area contributed by atoms with Crippen molar-refractivity contribution in [3.05, 3.63) is 41.5 Å². The molecule has 0 amide bonds. The molecule has 4 rings (SSSR count). The second kappa shape index (κ2) is 5.18. The predicted octanol–water partition coefficient (Wildman–Crippen LogP) is 2.48. The Bertz CT molecular complexity index is 825. The number of benzene rings is 2. The first-order valence-electron chi connectivity index (χ1n) is 8.67. The molecule has 0 saturated heterocycles. The zero-order valence-corrected chi connectivity index (χ0v) is 15.9. The van der Waals surface area contributed by atoms with Crippen molar-refractivity contribution in [2.24, 2.45) is 0 Å². The Kier molecular flexibility index (Phi) is 3.43. The van der Waals surface area contributed by atoms with Gasteiger partial charge >= 0.3 is 0 Å². The Hall–Kier alpha value is -1.62. The molecule has 1 heterocycles. The van der Waals surface area contributed by atoms with Crippen molar-refractivity contribution in [2.75, 3.05) is 18.5 Å². The van der Waals surface area contributed by atoms with Gasteiger partial charge in [0, 0.05) is 11.2 Å². The summed E-state index contributed by atoms with van der Waals surface area (Å²) in [6, 6.07) is 11.0. The summed E-state index contributed by atoms with van der Waals surface area (Å²) in [4.78, 5) is 0. The lowest BCUT2D eigenvalue weighted by Gasteiger charge is -2.23. The normalized spacial score (nSPS) is 20.4. The van der Waals surface area contributed by atoms with Crippen LogP contribution in [0.25, 0.3) is 11.1 Å². The zero-order chi connectivity index (χ0) is 17.1. The zero-order valence-electron chi connectivity index (χ0n) is 14.9. The Labute approximate surface area is 144 Å². The van der Waals surface area contributed by atoms with Gasteiger partial charge in [-0.2, -0.15) is 0 Å². The fourth-order valence-corrected chi connectivity index (χ4v) is 7.84. The fraction of sp³-hybridized carbons (Fsp3) is 0.400. The van der Waals surface area contributed by atoms with Crippen molar-refractivity contribution < 1.29 is 9.53 Å². The monoisotopic (exact) mass is 339 g/mol. The number of hydrogen-bond acceptors (Lipinski definition) is 3. The summed E-state index contributed by atoms with van der Waals surface area (Å²) in [5.41, 5.74) is 6.82. The van der Waals surface area contributed by atoms with Gasteiger partial charge in [-0.25, -0.2) is 0 Å². The van der Waals surface area contributed by atoms with E-state index >= 15 is 0 Å². The number of aliphatic hydroxyl groups is 1. The second-order valence-electron chi connectivity index (χ2n) is 8.01. The molecule has 1 unspecified atom stereocenters. The maximum atomic E-state index is 9.21. The highest BCUT2D eigenvalue weighted by atomic mass is 28.4. The molecular weight excluding hydrogens is 314 g/mol. The summed E-state index contributed by atoms with van der Waals surface area (Å²) in [5.74, 6) is 0. The molecule has 3 nitrogen and oxygen atoms in total. The summed E-state index contributed by atoms with van der Waals surface area (Å²) in [7, 11) is -2.03. The van der Waals surface area contributed by atoms with Gasteiger partial charge in [0.2, 0.25) is 0 Å². The number of fused-ring (bicyclic) bond motifs is 5. The molecule has 2 N–H and O–H groups in total. The molecule has 0 spiro atoms. The highest BCUT2D eigenvalue weighted by Crippen LogP contribution is 2.41. The Morgan fingerprint density at radius 2 is 1.92 bits per heavy atom. The Morgan fingerprint density at radius 3 is 2.62 bits per heavy atom. The van der Waals surface area contributed by atoms with Gasteiger partial charge in [-0.05, 0) is 72.4 Å². The summed E-state index contributed by atoms with van der Waals surface area (Å²) >= 11 is 0. The molecule has 0 radical (unpaired) electrons. The average Bonchev–Trinajstić information content (AvgIpc) is 2.96. The molecule has 24 heavy (non-hydrogen) atoms. The van der Waals surface area contributed by atoms with Crippen molar-refractivity contribution >= 4 is 24.4 Å². The van der Waals surface area contributed by atoms with Crippen molar-refractivity contribution in [1.29, 1.82) is 0 Å². The minimum Gasteiger partial charge on any atom is -0.406 e. The molecule has 2 aromatic rings. The van der Waals surface area contributed by atoms with Crippen LogP contribution in [0.4, 0.5) is 5.69 Å². The molecule has 2 aromatic carbocycles. The summed E-state index contributed by atoms with van der Waals surface area (Å²) in [6.45, 7) is 9.35. The number of rotatable bonds is 4. The molecular formula is C20H25NO2Si. The van der Waals surface area contributed by atoms with Gasteiger partial charge in [-0.3, -0.25) is 0 Å². The highest BCUT2D eigenvalue weighted by Gasteiger charge is 2.56. The van der Waals surface area contributed by atoms with Crippen LogP contribution in [0.15, 0.2) is 30.3 Å². The smallest absolute Gasteiger partial charge is 0.255 e. The van der Waals surface area contributed by atoms with E-state index in [0.717, 1.165) is 6.42 Å². The molecule has 126 valence electrons. The molecule has 2 aliphatic rings. The molecule has 1 aliphatic carbocycles. The third-order valence-corrected chi connectivity index (χ3v) is 8.50. The quantitative estimate of drug-likeness (QED) is 0.718. The van der Waals surface area contributed by atoms with E-state index in [4.69, 9.17) is 4.43 Å². The third kappa shape index (κ3) is 2.32. The fourth-order valence-electron chi connectivity index (χ4n) is 4.07. The van der Waals surface area contributed by atoms with Crippen LogP contribution in [0.5, 0.6) is 0 Å². The topological polar surface area (TPSA) is 41.5 Å². The first kappa shape index (κ1) is 15.9. The Balaban J connectivity index is 1.85. The van der Waals surface area contributed by atoms with E-state index in [1.165, 1.54) is 38.3 Å². The molecule has 1 aliphatic heterocycles. The van der Waals surface area contributed by atoms with Gasteiger partial charge in [0.25, 0.3) is 8.32 Å². The van der Waals surface area contributed by atoms with Crippen LogP contribution in [-0.2, 0) is 10.8 Å². The van der Waals surface area contributed by atoms with E-state index in [9.17, 15) is 5.11 Å². The van der Waals surface area contributed by atoms with E-state index in [1.54, 1.807) is 0 Å². The SMILES string of the molecule is CC(C)(C)Nc1cc2c(c3c1[Si]3(C)OCCO)Cc1ccccc1-2. The number of hydrogen-bond donors (Lipinski definition) is 2. The van der Waals surface area contributed by atoms with Crippen molar-refractivity contribution in [2.45, 2.75) is 39.3 Å². The van der Waals surface area contributed by atoms with Crippen molar-refractivity contribution in [3.8, 4) is 11.1 Å². The maximum Gasteiger partial charge on any atom is 0.255 e. The van der Waals surface area contributed by atoms with Gasteiger partial charge in [0.15, 0.2) is 0 Å². The molecule has 0 saturated carbocycles.